The first-order valence-electron chi connectivity index (χ1n) is 12.9. The van der Waals surface area contributed by atoms with Gasteiger partial charge in [-0.05, 0) is 55.7 Å². The zero-order valence-corrected chi connectivity index (χ0v) is 24.6. The average Bonchev–Trinajstić information content (AvgIpc) is 2.96. The molecule has 0 aromatic heterocycles. The number of anilines is 1. The van der Waals surface area contributed by atoms with Gasteiger partial charge >= 0.3 is 0 Å². The lowest BCUT2D eigenvalue weighted by atomic mass is 10.1. The lowest BCUT2D eigenvalue weighted by molar-refractivity contribution is -0.140. The average molecular weight is 568 g/mol. The van der Waals surface area contributed by atoms with E-state index in [0.29, 0.717) is 17.9 Å². The Morgan fingerprint density at radius 2 is 1.57 bits per heavy atom. The molecule has 0 saturated carbocycles. The van der Waals surface area contributed by atoms with Crippen molar-refractivity contribution in [3.8, 4) is 11.5 Å². The number of carbonyl (C=O) groups is 2. The van der Waals surface area contributed by atoms with Crippen LogP contribution >= 0.6 is 0 Å². The Hall–Kier alpha value is -4.05. The molecule has 0 aliphatic heterocycles. The number of likely N-dealkylation sites (N-methyl/N-ethyl adjacent to an activating group) is 1. The summed E-state index contributed by atoms with van der Waals surface area (Å²) in [6.45, 7) is 5.27. The number of nitrogens with zero attached hydrogens (tertiary/aromatic N) is 2. The number of rotatable bonds is 12. The van der Waals surface area contributed by atoms with Crippen molar-refractivity contribution < 1.29 is 27.5 Å². The number of amides is 2. The van der Waals surface area contributed by atoms with Crippen LogP contribution in [0.4, 0.5) is 5.69 Å². The molecule has 3 rings (SSSR count). The SMILES string of the molecule is CC[C@@H](C(=O)NC)N(Cc1ccccc1C)C(=O)CN(c1ccc(C)cc1)S(=O)(=O)c1ccc(OC)c(OC)c1. The lowest BCUT2D eigenvalue weighted by Gasteiger charge is -2.33. The van der Waals surface area contributed by atoms with Crippen molar-refractivity contribution >= 4 is 27.5 Å². The number of aryl methyl sites for hydroxylation is 2. The topological polar surface area (TPSA) is 105 Å². The third-order valence-corrected chi connectivity index (χ3v) is 8.55. The second-order valence-corrected chi connectivity index (χ2v) is 11.2. The third-order valence-electron chi connectivity index (χ3n) is 6.78. The highest BCUT2D eigenvalue weighted by Crippen LogP contribution is 2.32. The number of benzene rings is 3. The second kappa shape index (κ2) is 13.3. The largest absolute Gasteiger partial charge is 0.493 e. The van der Waals surface area contributed by atoms with Gasteiger partial charge in [-0.1, -0.05) is 48.9 Å². The monoisotopic (exact) mass is 567 g/mol. The van der Waals surface area contributed by atoms with Crippen LogP contribution in [0.1, 0.15) is 30.0 Å². The Bertz CT molecular complexity index is 1440. The fourth-order valence-corrected chi connectivity index (χ4v) is 5.83. The Labute approximate surface area is 236 Å². The van der Waals surface area contributed by atoms with Crippen molar-refractivity contribution in [3.63, 3.8) is 0 Å². The van der Waals surface area contributed by atoms with E-state index in [2.05, 4.69) is 5.32 Å². The summed E-state index contributed by atoms with van der Waals surface area (Å²) >= 11 is 0. The van der Waals surface area contributed by atoms with Gasteiger partial charge in [0.25, 0.3) is 10.0 Å². The lowest BCUT2D eigenvalue weighted by Crippen LogP contribution is -2.51. The minimum absolute atomic E-state index is 0.0673. The summed E-state index contributed by atoms with van der Waals surface area (Å²) in [5.41, 5.74) is 3.08. The molecule has 0 spiro atoms. The van der Waals surface area contributed by atoms with Crippen LogP contribution in [0.2, 0.25) is 0 Å². The van der Waals surface area contributed by atoms with Crippen LogP contribution in [0, 0.1) is 13.8 Å². The van der Waals surface area contributed by atoms with Crippen LogP contribution in [0.3, 0.4) is 0 Å². The van der Waals surface area contributed by atoms with Gasteiger partial charge < -0.3 is 19.7 Å². The molecule has 0 aliphatic rings. The van der Waals surface area contributed by atoms with Crippen molar-refractivity contribution in [2.45, 2.75) is 44.7 Å². The van der Waals surface area contributed by atoms with Gasteiger partial charge in [0.15, 0.2) is 11.5 Å². The van der Waals surface area contributed by atoms with Gasteiger partial charge in [0.2, 0.25) is 11.8 Å². The Kier molecular flexibility index (Phi) is 10.2. The van der Waals surface area contributed by atoms with Gasteiger partial charge in [0, 0.05) is 19.7 Å². The standard InChI is InChI=1S/C30H37N3O6S/c1-7-26(30(35)31-4)32(19-23-11-9-8-10-22(23)3)29(34)20-33(24-14-12-21(2)13-15-24)40(36,37)25-16-17-27(38-5)28(18-25)39-6/h8-18,26H,7,19-20H2,1-6H3,(H,31,35)/t26-/m0/s1. The third kappa shape index (κ3) is 6.74. The van der Waals surface area contributed by atoms with Crippen molar-refractivity contribution in [3.05, 3.63) is 83.4 Å². The summed E-state index contributed by atoms with van der Waals surface area (Å²) in [5, 5.41) is 2.63. The molecule has 2 amide bonds. The highest BCUT2D eigenvalue weighted by atomic mass is 32.2. The quantitative estimate of drug-likeness (QED) is 0.354. The maximum absolute atomic E-state index is 14.1. The first-order valence-corrected chi connectivity index (χ1v) is 14.4. The molecule has 0 saturated heterocycles. The van der Waals surface area contributed by atoms with Crippen LogP contribution in [0.5, 0.6) is 11.5 Å². The van der Waals surface area contributed by atoms with Gasteiger partial charge in [-0.15, -0.1) is 0 Å². The van der Waals surface area contributed by atoms with Gasteiger partial charge in [0.05, 0.1) is 24.8 Å². The summed E-state index contributed by atoms with van der Waals surface area (Å²) in [5.74, 6) is -0.219. The van der Waals surface area contributed by atoms with Crippen LogP contribution in [0.25, 0.3) is 0 Å². The highest BCUT2D eigenvalue weighted by Gasteiger charge is 2.34. The van der Waals surface area contributed by atoms with Crippen LogP contribution in [-0.4, -0.2) is 59.0 Å². The molecule has 1 N–H and O–H groups in total. The van der Waals surface area contributed by atoms with E-state index in [1.165, 1.54) is 44.4 Å². The van der Waals surface area contributed by atoms with Crippen molar-refractivity contribution in [2.24, 2.45) is 0 Å². The smallest absolute Gasteiger partial charge is 0.264 e. The first-order chi connectivity index (χ1) is 19.1. The number of carbonyl (C=O) groups excluding carboxylic acids is 2. The van der Waals surface area contributed by atoms with Gasteiger partial charge in [0.1, 0.15) is 12.6 Å². The van der Waals surface area contributed by atoms with Crippen molar-refractivity contribution in [1.82, 2.24) is 10.2 Å². The zero-order valence-electron chi connectivity index (χ0n) is 23.8. The maximum Gasteiger partial charge on any atom is 0.264 e. The number of nitrogens with one attached hydrogen (secondary N) is 1. The maximum atomic E-state index is 14.1. The summed E-state index contributed by atoms with van der Waals surface area (Å²) in [4.78, 5) is 28.3. The fraction of sp³-hybridized carbons (Fsp3) is 0.333. The van der Waals surface area contributed by atoms with E-state index in [0.717, 1.165) is 21.0 Å². The highest BCUT2D eigenvalue weighted by molar-refractivity contribution is 7.92. The molecule has 1 atom stereocenters. The minimum Gasteiger partial charge on any atom is -0.493 e. The molecular formula is C30H37N3O6S. The Morgan fingerprint density at radius 1 is 0.925 bits per heavy atom. The Morgan fingerprint density at radius 3 is 2.15 bits per heavy atom. The van der Waals surface area contributed by atoms with E-state index in [1.807, 2.05) is 45.0 Å². The predicted octanol–water partition coefficient (Wildman–Crippen LogP) is 4.07. The molecule has 0 radical (unpaired) electrons. The molecule has 0 unspecified atom stereocenters. The second-order valence-electron chi connectivity index (χ2n) is 9.35. The summed E-state index contributed by atoms with van der Waals surface area (Å²) in [6, 6.07) is 17.9. The molecule has 10 heteroatoms. The molecule has 3 aromatic carbocycles. The summed E-state index contributed by atoms with van der Waals surface area (Å²) in [7, 11) is 0.153. The number of hydrogen-bond donors (Lipinski definition) is 1. The van der Waals surface area contributed by atoms with Crippen molar-refractivity contribution in [1.29, 1.82) is 0 Å². The minimum atomic E-state index is -4.24. The zero-order chi connectivity index (χ0) is 29.4. The number of sulfonamides is 1. The number of methoxy groups -OCH3 is 2. The molecule has 3 aromatic rings. The Balaban J connectivity index is 2.10. The molecular weight excluding hydrogens is 530 g/mol. The van der Waals surface area contributed by atoms with Crippen LogP contribution in [0.15, 0.2) is 71.6 Å². The van der Waals surface area contributed by atoms with Gasteiger partial charge in [-0.25, -0.2) is 8.42 Å². The van der Waals surface area contributed by atoms with E-state index in [9.17, 15) is 18.0 Å². The van der Waals surface area contributed by atoms with Gasteiger partial charge in [-0.3, -0.25) is 13.9 Å². The first kappa shape index (κ1) is 30.5. The van der Waals surface area contributed by atoms with Crippen LogP contribution in [-0.2, 0) is 26.2 Å². The van der Waals surface area contributed by atoms with E-state index in [1.54, 1.807) is 24.3 Å². The van der Waals surface area contributed by atoms with Gasteiger partial charge in [-0.2, -0.15) is 0 Å². The molecule has 0 aliphatic carbocycles. The summed E-state index contributed by atoms with van der Waals surface area (Å²) < 4.78 is 39.8. The summed E-state index contributed by atoms with van der Waals surface area (Å²) in [6.07, 6.45) is 0.351. The molecule has 0 bridgehead atoms. The molecule has 9 nitrogen and oxygen atoms in total. The van der Waals surface area contributed by atoms with E-state index in [-0.39, 0.29) is 23.1 Å². The predicted molar refractivity (Wildman–Crippen MR) is 155 cm³/mol. The van der Waals surface area contributed by atoms with E-state index >= 15 is 0 Å². The molecule has 0 heterocycles. The normalized spacial score (nSPS) is 11.8. The van der Waals surface area contributed by atoms with E-state index < -0.39 is 28.5 Å². The molecule has 40 heavy (non-hydrogen) atoms. The number of ether oxygens (including phenoxy) is 2. The fourth-order valence-electron chi connectivity index (χ4n) is 4.40. The van der Waals surface area contributed by atoms with Crippen LogP contribution < -0.4 is 19.1 Å². The van der Waals surface area contributed by atoms with E-state index in [4.69, 9.17) is 9.47 Å². The molecule has 214 valence electrons. The van der Waals surface area contributed by atoms with Crippen molar-refractivity contribution in [2.75, 3.05) is 32.1 Å². The number of hydrogen-bond acceptors (Lipinski definition) is 6. The molecule has 0 fully saturated rings.